The average molecular weight is 493 g/mol. The van der Waals surface area contributed by atoms with E-state index in [1.807, 2.05) is 39.8 Å². The highest BCUT2D eigenvalue weighted by molar-refractivity contribution is 5.70. The molecule has 0 aliphatic carbocycles. The largest absolute Gasteiger partial charge is 0.457 e. The van der Waals surface area contributed by atoms with Crippen LogP contribution in [0, 0.1) is 17.8 Å². The lowest BCUT2D eigenvalue weighted by atomic mass is 9.92. The van der Waals surface area contributed by atoms with Gasteiger partial charge in [-0.3, -0.25) is 4.79 Å². The van der Waals surface area contributed by atoms with Gasteiger partial charge in [0, 0.05) is 11.8 Å². The Kier molecular flexibility index (Phi) is 10.9. The minimum atomic E-state index is -1.57. The molecule has 0 amide bonds. The fraction of sp³-hybridized carbons (Fsp3) is 0.679. The van der Waals surface area contributed by atoms with Gasteiger partial charge in [-0.2, -0.15) is 0 Å². The number of ether oxygens (including phenoxy) is 2. The van der Waals surface area contributed by atoms with Gasteiger partial charge in [-0.25, -0.2) is 0 Å². The predicted octanol–water partition coefficient (Wildman–Crippen LogP) is 3.23. The van der Waals surface area contributed by atoms with Crippen LogP contribution in [0.25, 0.3) is 0 Å². The van der Waals surface area contributed by atoms with E-state index in [-0.39, 0.29) is 42.5 Å². The molecule has 0 aromatic rings. The topological polar surface area (TPSA) is 120 Å². The van der Waals surface area contributed by atoms with E-state index in [9.17, 15) is 25.2 Å². The lowest BCUT2D eigenvalue weighted by molar-refractivity contribution is -0.150. The zero-order chi connectivity index (χ0) is 26.3. The zero-order valence-electron chi connectivity index (χ0n) is 21.9. The summed E-state index contributed by atoms with van der Waals surface area (Å²) in [6, 6.07) is 0. The highest BCUT2D eigenvalue weighted by Crippen LogP contribution is 2.36. The molecule has 10 atom stereocenters. The molecule has 0 aromatic carbocycles. The molecule has 35 heavy (non-hydrogen) atoms. The molecule has 0 saturated carbocycles. The Bertz CT molecular complexity index is 812. The van der Waals surface area contributed by atoms with E-state index in [1.54, 1.807) is 6.08 Å². The van der Waals surface area contributed by atoms with Crippen LogP contribution in [0.1, 0.15) is 60.8 Å². The van der Waals surface area contributed by atoms with Crippen molar-refractivity contribution in [1.29, 1.82) is 0 Å². The van der Waals surface area contributed by atoms with E-state index in [0.29, 0.717) is 0 Å². The third-order valence-electron chi connectivity index (χ3n) is 6.98. The van der Waals surface area contributed by atoms with Gasteiger partial charge in [0.1, 0.15) is 17.8 Å². The number of carbonyl (C=O) groups excluding carboxylic acids is 1. The van der Waals surface area contributed by atoms with Crippen molar-refractivity contribution in [3.8, 4) is 0 Å². The molecular formula is C28H44O7. The maximum Gasteiger partial charge on any atom is 0.309 e. The number of carbonyl (C=O) groups is 1. The number of cyclic esters (lactones) is 1. The Morgan fingerprint density at radius 3 is 2.60 bits per heavy atom. The zero-order valence-corrected chi connectivity index (χ0v) is 21.9. The lowest BCUT2D eigenvalue weighted by Crippen LogP contribution is -2.37. The molecule has 4 N–H and O–H groups in total. The quantitative estimate of drug-likeness (QED) is 0.178. The van der Waals surface area contributed by atoms with Gasteiger partial charge in [0.05, 0.1) is 30.8 Å². The third-order valence-corrected chi connectivity index (χ3v) is 6.98. The fourth-order valence-electron chi connectivity index (χ4n) is 4.36. The molecule has 7 heteroatoms. The number of allylic oxidation sites excluding steroid dienone is 3. The van der Waals surface area contributed by atoms with Crippen LogP contribution >= 0.6 is 0 Å². The van der Waals surface area contributed by atoms with Gasteiger partial charge in [-0.15, -0.1) is 0 Å². The Morgan fingerprint density at radius 2 is 1.94 bits per heavy atom. The highest BCUT2D eigenvalue weighted by Gasteiger charge is 2.44. The summed E-state index contributed by atoms with van der Waals surface area (Å²) >= 11 is 0. The molecule has 0 radical (unpaired) electrons. The standard InChI is InChI=1S/C28H44O7/c1-7-22(30)20(5)27-23(34-27)15-17(2)9-8-10-18(3)26-19(4)11-12-24(31)28(6,33)14-13-21(29)16-25(32)35-26/h8-14,17,19-24,26-27,29-31,33H,7,15-16H2,1-6H3. The second-order valence-corrected chi connectivity index (χ2v) is 10.4. The van der Waals surface area contributed by atoms with Crippen LogP contribution in [0.5, 0.6) is 0 Å². The van der Waals surface area contributed by atoms with Gasteiger partial charge in [-0.05, 0) is 38.2 Å². The molecule has 1 fully saturated rings. The van der Waals surface area contributed by atoms with E-state index in [4.69, 9.17) is 9.47 Å². The second-order valence-electron chi connectivity index (χ2n) is 10.4. The Balaban J connectivity index is 2.05. The van der Waals surface area contributed by atoms with Crippen LogP contribution in [0.15, 0.2) is 48.1 Å². The molecule has 1 saturated heterocycles. The summed E-state index contributed by atoms with van der Waals surface area (Å²) in [6.07, 6.45) is 10.1. The first-order valence-corrected chi connectivity index (χ1v) is 12.7. The summed E-state index contributed by atoms with van der Waals surface area (Å²) in [5, 5.41) is 40.9. The number of epoxide rings is 1. The van der Waals surface area contributed by atoms with Gasteiger partial charge in [0.2, 0.25) is 0 Å². The molecule has 2 aliphatic heterocycles. The Hall–Kier alpha value is -1.77. The molecule has 0 aromatic heterocycles. The molecule has 0 spiro atoms. The monoisotopic (exact) mass is 492 g/mol. The number of aliphatic hydroxyl groups is 4. The summed E-state index contributed by atoms with van der Waals surface area (Å²) in [5.41, 5.74) is -0.751. The number of hydrogen-bond donors (Lipinski definition) is 4. The Morgan fingerprint density at radius 1 is 1.26 bits per heavy atom. The number of aliphatic hydroxyl groups excluding tert-OH is 3. The summed E-state index contributed by atoms with van der Waals surface area (Å²) in [7, 11) is 0. The van der Waals surface area contributed by atoms with Gasteiger partial charge >= 0.3 is 5.97 Å². The first-order valence-electron chi connectivity index (χ1n) is 12.7. The SMILES string of the molecule is CCC(O)C(C)C1OC1CC(C)C=CC=C(C)C1OC(=O)CC(O)C=CC(C)(O)C(O)C=CC1C. The van der Waals surface area contributed by atoms with Crippen molar-refractivity contribution in [2.45, 2.75) is 103 Å². The van der Waals surface area contributed by atoms with Crippen LogP contribution in [0.2, 0.25) is 0 Å². The van der Waals surface area contributed by atoms with Gasteiger partial charge < -0.3 is 29.9 Å². The summed E-state index contributed by atoms with van der Waals surface area (Å²) < 4.78 is 11.5. The smallest absolute Gasteiger partial charge is 0.309 e. The van der Waals surface area contributed by atoms with E-state index >= 15 is 0 Å². The molecule has 2 heterocycles. The minimum Gasteiger partial charge on any atom is -0.457 e. The van der Waals surface area contributed by atoms with Crippen molar-refractivity contribution in [3.63, 3.8) is 0 Å². The molecule has 7 nitrogen and oxygen atoms in total. The van der Waals surface area contributed by atoms with Crippen LogP contribution in [0.4, 0.5) is 0 Å². The van der Waals surface area contributed by atoms with E-state index in [1.165, 1.54) is 25.2 Å². The summed E-state index contributed by atoms with van der Waals surface area (Å²) in [5.74, 6) is -0.405. The van der Waals surface area contributed by atoms with Crippen molar-refractivity contribution in [3.05, 3.63) is 48.1 Å². The molecule has 0 bridgehead atoms. The normalized spacial score (nSPS) is 37.3. The maximum absolute atomic E-state index is 12.4. The van der Waals surface area contributed by atoms with Crippen molar-refractivity contribution >= 4 is 5.97 Å². The van der Waals surface area contributed by atoms with Crippen LogP contribution in [-0.2, 0) is 14.3 Å². The van der Waals surface area contributed by atoms with E-state index in [0.717, 1.165) is 18.4 Å². The van der Waals surface area contributed by atoms with Crippen molar-refractivity contribution in [2.75, 3.05) is 0 Å². The second kappa shape index (κ2) is 13.0. The molecule has 198 valence electrons. The Labute approximate surface area is 209 Å². The van der Waals surface area contributed by atoms with E-state index < -0.39 is 29.9 Å². The van der Waals surface area contributed by atoms with E-state index in [2.05, 4.69) is 13.0 Å². The fourth-order valence-corrected chi connectivity index (χ4v) is 4.36. The summed E-state index contributed by atoms with van der Waals surface area (Å²) in [6.45, 7) is 11.3. The van der Waals surface area contributed by atoms with Gasteiger partial charge in [0.25, 0.3) is 0 Å². The van der Waals surface area contributed by atoms with Crippen LogP contribution < -0.4 is 0 Å². The van der Waals surface area contributed by atoms with Crippen molar-refractivity contribution < 1.29 is 34.7 Å². The third kappa shape index (κ3) is 8.99. The highest BCUT2D eigenvalue weighted by atomic mass is 16.6. The van der Waals surface area contributed by atoms with Crippen molar-refractivity contribution in [2.24, 2.45) is 17.8 Å². The predicted molar refractivity (Wildman–Crippen MR) is 135 cm³/mol. The number of esters is 1. The van der Waals surface area contributed by atoms with Crippen molar-refractivity contribution in [1.82, 2.24) is 0 Å². The molecule has 10 unspecified atom stereocenters. The molecule has 2 rings (SSSR count). The maximum atomic E-state index is 12.4. The number of rotatable bonds is 8. The van der Waals surface area contributed by atoms with Gasteiger partial charge in [-0.1, -0.05) is 70.2 Å². The molecular weight excluding hydrogens is 448 g/mol. The van der Waals surface area contributed by atoms with Crippen LogP contribution in [-0.4, -0.2) is 68.6 Å². The summed E-state index contributed by atoms with van der Waals surface area (Å²) in [4.78, 5) is 12.4. The average Bonchev–Trinajstić information content (AvgIpc) is 3.56. The molecule has 2 aliphatic rings. The first-order chi connectivity index (χ1) is 16.4. The number of hydrogen-bond acceptors (Lipinski definition) is 7. The first kappa shape index (κ1) is 29.5. The van der Waals surface area contributed by atoms with Crippen LogP contribution in [0.3, 0.4) is 0 Å². The van der Waals surface area contributed by atoms with Gasteiger partial charge in [0.15, 0.2) is 0 Å². The lowest BCUT2D eigenvalue weighted by Gasteiger charge is -2.27. The minimum absolute atomic E-state index is 0.114.